The molecule has 0 aromatic heterocycles. The monoisotopic (exact) mass is 377 g/mol. The normalized spacial score (nSPS) is 19.9. The fraction of sp³-hybridized carbons (Fsp3) is 0.0455. The van der Waals surface area contributed by atoms with E-state index >= 15 is 0 Å². The summed E-state index contributed by atoms with van der Waals surface area (Å²) in [6.07, 6.45) is 2.13. The second-order valence-corrected chi connectivity index (χ2v) is 7.44. The summed E-state index contributed by atoms with van der Waals surface area (Å²) in [5.74, 6) is -0.0693. The first-order valence-electron chi connectivity index (χ1n) is 8.30. The fourth-order valence-electron chi connectivity index (χ4n) is 3.98. The first-order valence-corrected chi connectivity index (χ1v) is 9.05. The maximum atomic E-state index is 12.6. The number of halogens is 2. The van der Waals surface area contributed by atoms with Gasteiger partial charge in [0, 0.05) is 15.6 Å². The number of hydrogen-bond acceptors (Lipinski definition) is 1. The van der Waals surface area contributed by atoms with E-state index in [1.165, 1.54) is 0 Å². The average molecular weight is 378 g/mol. The molecule has 3 aromatic rings. The third-order valence-electron chi connectivity index (χ3n) is 5.12. The molecular formula is C22H13Cl2NO. The number of carbonyl (C=O) groups excluding carboxylic acids is 1. The molecule has 1 amide bonds. The molecule has 1 unspecified atom stereocenters. The molecule has 1 atom stereocenters. The van der Waals surface area contributed by atoms with Crippen LogP contribution in [0.15, 0.2) is 72.8 Å². The Bertz CT molecular complexity index is 1100. The van der Waals surface area contributed by atoms with Crippen LogP contribution >= 0.6 is 23.2 Å². The molecule has 1 aliphatic carbocycles. The Morgan fingerprint density at radius 2 is 1.50 bits per heavy atom. The topological polar surface area (TPSA) is 29.1 Å². The van der Waals surface area contributed by atoms with Crippen LogP contribution in [0.2, 0.25) is 10.0 Å². The average Bonchev–Trinajstić information content (AvgIpc) is 3.12. The second-order valence-electron chi connectivity index (χ2n) is 6.56. The van der Waals surface area contributed by atoms with E-state index in [1.807, 2.05) is 66.7 Å². The summed E-state index contributed by atoms with van der Waals surface area (Å²) >= 11 is 12.4. The van der Waals surface area contributed by atoms with Crippen molar-refractivity contribution in [3.63, 3.8) is 0 Å². The van der Waals surface area contributed by atoms with Crippen LogP contribution in [0.5, 0.6) is 0 Å². The number of hydrogen-bond donors (Lipinski definition) is 1. The molecule has 0 bridgehead atoms. The van der Waals surface area contributed by atoms with Crippen molar-refractivity contribution < 1.29 is 4.79 Å². The van der Waals surface area contributed by atoms with E-state index in [0.717, 1.165) is 27.8 Å². The lowest BCUT2D eigenvalue weighted by atomic mass is 9.85. The van der Waals surface area contributed by atoms with Gasteiger partial charge in [-0.05, 0) is 64.2 Å². The van der Waals surface area contributed by atoms with Gasteiger partial charge in [0.25, 0.3) is 5.91 Å². The third-order valence-corrected chi connectivity index (χ3v) is 5.61. The summed E-state index contributed by atoms with van der Waals surface area (Å²) in [5.41, 5.74) is 5.13. The molecule has 2 nitrogen and oxygen atoms in total. The third kappa shape index (κ3) is 2.09. The van der Waals surface area contributed by atoms with Gasteiger partial charge < -0.3 is 5.32 Å². The Hall–Kier alpha value is -2.55. The van der Waals surface area contributed by atoms with Gasteiger partial charge in [-0.25, -0.2) is 0 Å². The Kier molecular flexibility index (Phi) is 3.30. The number of rotatable bonds is 1. The Morgan fingerprint density at radius 1 is 0.769 bits per heavy atom. The molecule has 1 heterocycles. The first kappa shape index (κ1) is 15.7. The van der Waals surface area contributed by atoms with Crippen LogP contribution in [0.3, 0.4) is 0 Å². The number of benzene rings is 3. The van der Waals surface area contributed by atoms with E-state index in [0.29, 0.717) is 15.6 Å². The predicted octanol–water partition coefficient (Wildman–Crippen LogP) is 5.43. The van der Waals surface area contributed by atoms with Gasteiger partial charge in [0.05, 0.1) is 0 Å². The molecular weight excluding hydrogens is 365 g/mol. The van der Waals surface area contributed by atoms with Gasteiger partial charge in [0.1, 0.15) is 5.54 Å². The van der Waals surface area contributed by atoms with Crippen molar-refractivity contribution in [2.24, 2.45) is 0 Å². The largest absolute Gasteiger partial charge is 0.335 e. The van der Waals surface area contributed by atoms with Crippen molar-refractivity contribution in [1.29, 1.82) is 0 Å². The lowest BCUT2D eigenvalue weighted by Gasteiger charge is -2.25. The van der Waals surface area contributed by atoms with Crippen molar-refractivity contribution in [2.45, 2.75) is 5.54 Å². The quantitative estimate of drug-likeness (QED) is 0.602. The second kappa shape index (κ2) is 5.47. The Balaban J connectivity index is 1.81. The van der Waals surface area contributed by atoms with Gasteiger partial charge in [-0.15, -0.1) is 0 Å². The summed E-state index contributed by atoms with van der Waals surface area (Å²) < 4.78 is 0. The van der Waals surface area contributed by atoms with E-state index < -0.39 is 5.54 Å². The minimum absolute atomic E-state index is 0.0693. The summed E-state index contributed by atoms with van der Waals surface area (Å²) in [6.45, 7) is 0. The lowest BCUT2D eigenvalue weighted by molar-refractivity contribution is 0.0950. The zero-order valence-electron chi connectivity index (χ0n) is 13.6. The molecule has 0 fully saturated rings. The maximum absolute atomic E-state index is 12.6. The highest BCUT2D eigenvalue weighted by atomic mass is 35.5. The van der Waals surface area contributed by atoms with Crippen LogP contribution < -0.4 is 5.32 Å². The highest BCUT2D eigenvalue weighted by Gasteiger charge is 2.47. The number of carbonyl (C=O) groups is 1. The van der Waals surface area contributed by atoms with Crippen LogP contribution in [-0.2, 0) is 5.54 Å². The van der Waals surface area contributed by atoms with E-state index in [4.69, 9.17) is 23.2 Å². The number of fused-ring (bicyclic) bond motifs is 4. The summed E-state index contributed by atoms with van der Waals surface area (Å²) in [5, 5.41) is 4.53. The number of nitrogens with one attached hydrogen (secondary N) is 1. The minimum Gasteiger partial charge on any atom is -0.335 e. The van der Waals surface area contributed by atoms with E-state index in [2.05, 4.69) is 11.4 Å². The van der Waals surface area contributed by atoms with Crippen molar-refractivity contribution in [3.8, 4) is 0 Å². The zero-order chi connectivity index (χ0) is 17.9. The van der Waals surface area contributed by atoms with Crippen LogP contribution in [0, 0.1) is 0 Å². The maximum Gasteiger partial charge on any atom is 0.252 e. The summed E-state index contributed by atoms with van der Waals surface area (Å²) in [7, 11) is 0. The summed E-state index contributed by atoms with van der Waals surface area (Å²) in [6, 6.07) is 21.3. The fourth-order valence-corrected chi connectivity index (χ4v) is 4.28. The molecule has 0 saturated heterocycles. The molecule has 3 aromatic carbocycles. The van der Waals surface area contributed by atoms with Crippen molar-refractivity contribution in [2.75, 3.05) is 0 Å². The van der Waals surface area contributed by atoms with Gasteiger partial charge in [-0.1, -0.05) is 59.6 Å². The Morgan fingerprint density at radius 3 is 2.31 bits per heavy atom. The van der Waals surface area contributed by atoms with E-state index in [1.54, 1.807) is 0 Å². The zero-order valence-corrected chi connectivity index (χ0v) is 15.1. The predicted molar refractivity (Wildman–Crippen MR) is 105 cm³/mol. The van der Waals surface area contributed by atoms with Crippen LogP contribution in [0.25, 0.3) is 5.57 Å². The standard InChI is InChI=1S/C22H13Cl2NO/c23-14-7-5-13(6-8-14)18-12-22(20-11-15(24)9-10-16(18)20)19-4-2-1-3-17(19)21(26)25-22/h1-12H,(H,25,26). The Labute approximate surface area is 161 Å². The molecule has 0 radical (unpaired) electrons. The van der Waals surface area contributed by atoms with Gasteiger partial charge in [0.15, 0.2) is 0 Å². The first-order chi connectivity index (χ1) is 12.6. The number of amides is 1. The highest BCUT2D eigenvalue weighted by Crippen LogP contribution is 2.49. The SMILES string of the molecule is O=C1NC2(C=C(c3ccc(Cl)cc3)c3ccc(Cl)cc32)c2ccccc21. The van der Waals surface area contributed by atoms with Crippen molar-refractivity contribution in [3.05, 3.63) is 111 Å². The molecule has 0 saturated carbocycles. The van der Waals surface area contributed by atoms with Gasteiger partial charge in [-0.2, -0.15) is 0 Å². The summed E-state index contributed by atoms with van der Waals surface area (Å²) in [4.78, 5) is 12.6. The molecule has 1 N–H and O–H groups in total. The molecule has 2 aliphatic rings. The van der Waals surface area contributed by atoms with Crippen LogP contribution in [0.1, 0.15) is 32.6 Å². The molecule has 1 spiro atoms. The van der Waals surface area contributed by atoms with E-state index in [9.17, 15) is 4.79 Å². The minimum atomic E-state index is -0.692. The molecule has 1 aliphatic heterocycles. The van der Waals surface area contributed by atoms with Gasteiger partial charge in [-0.3, -0.25) is 4.79 Å². The molecule has 4 heteroatoms. The molecule has 126 valence electrons. The lowest BCUT2D eigenvalue weighted by Crippen LogP contribution is -2.37. The van der Waals surface area contributed by atoms with Crippen molar-refractivity contribution >= 4 is 34.7 Å². The van der Waals surface area contributed by atoms with Crippen LogP contribution in [0.4, 0.5) is 0 Å². The molecule has 26 heavy (non-hydrogen) atoms. The van der Waals surface area contributed by atoms with Gasteiger partial charge in [0.2, 0.25) is 0 Å². The molecule has 5 rings (SSSR count). The van der Waals surface area contributed by atoms with Crippen LogP contribution in [-0.4, -0.2) is 5.91 Å². The van der Waals surface area contributed by atoms with E-state index in [-0.39, 0.29) is 5.91 Å². The van der Waals surface area contributed by atoms with Crippen molar-refractivity contribution in [1.82, 2.24) is 5.32 Å². The van der Waals surface area contributed by atoms with Gasteiger partial charge >= 0.3 is 0 Å². The smallest absolute Gasteiger partial charge is 0.252 e. The highest BCUT2D eigenvalue weighted by molar-refractivity contribution is 6.31.